The van der Waals surface area contributed by atoms with Gasteiger partial charge in [0.1, 0.15) is 18.0 Å². The summed E-state index contributed by atoms with van der Waals surface area (Å²) in [7, 11) is 1.76. The molecule has 2 N–H and O–H groups in total. The minimum atomic E-state index is 0.296. The normalized spacial score (nSPS) is 21.1. The minimum absolute atomic E-state index is 0.296. The summed E-state index contributed by atoms with van der Waals surface area (Å²) < 4.78 is 5.40. The summed E-state index contributed by atoms with van der Waals surface area (Å²) in [5.41, 5.74) is 6.74. The summed E-state index contributed by atoms with van der Waals surface area (Å²) in [5, 5.41) is 0. The van der Waals surface area contributed by atoms with E-state index in [2.05, 4.69) is 14.9 Å². The van der Waals surface area contributed by atoms with Crippen LogP contribution in [0.15, 0.2) is 6.33 Å². The lowest BCUT2D eigenvalue weighted by atomic mass is 10.1. The molecule has 0 saturated carbocycles. The van der Waals surface area contributed by atoms with Crippen molar-refractivity contribution >= 4 is 11.6 Å². The van der Waals surface area contributed by atoms with Crippen molar-refractivity contribution in [3.63, 3.8) is 0 Å². The minimum Gasteiger partial charge on any atom is -0.383 e. The second kappa shape index (κ2) is 4.65. The fraction of sp³-hybridized carbons (Fsp3) is 0.636. The van der Waals surface area contributed by atoms with Crippen LogP contribution in [0.4, 0.5) is 11.6 Å². The first-order chi connectivity index (χ1) is 7.72. The van der Waals surface area contributed by atoms with E-state index < -0.39 is 0 Å². The van der Waals surface area contributed by atoms with Gasteiger partial charge in [-0.3, -0.25) is 0 Å². The lowest BCUT2D eigenvalue weighted by Crippen LogP contribution is -2.40. The number of nitrogen functional groups attached to an aromatic ring is 1. The highest BCUT2D eigenvalue weighted by molar-refractivity contribution is 5.55. The topological polar surface area (TPSA) is 64.3 Å². The van der Waals surface area contributed by atoms with Gasteiger partial charge in [-0.2, -0.15) is 0 Å². The van der Waals surface area contributed by atoms with Gasteiger partial charge in [-0.25, -0.2) is 9.97 Å². The number of hydrogen-bond donors (Lipinski definition) is 1. The SMILES string of the molecule is COC1CCCN(c2ncnc(N)c2C)C1. The van der Waals surface area contributed by atoms with Crippen LogP contribution in [-0.4, -0.2) is 36.3 Å². The third kappa shape index (κ3) is 2.09. The van der Waals surface area contributed by atoms with E-state index in [4.69, 9.17) is 10.5 Å². The molecule has 0 aliphatic carbocycles. The molecule has 1 atom stereocenters. The molecule has 0 amide bonds. The number of rotatable bonds is 2. The Labute approximate surface area is 95.6 Å². The van der Waals surface area contributed by atoms with Gasteiger partial charge in [0, 0.05) is 25.8 Å². The molecule has 1 aliphatic rings. The van der Waals surface area contributed by atoms with E-state index in [0.29, 0.717) is 11.9 Å². The summed E-state index contributed by atoms with van der Waals surface area (Å²) in [6, 6.07) is 0. The van der Waals surface area contributed by atoms with Crippen LogP contribution in [0.5, 0.6) is 0 Å². The Hall–Kier alpha value is -1.36. The van der Waals surface area contributed by atoms with Crippen LogP contribution in [-0.2, 0) is 4.74 Å². The van der Waals surface area contributed by atoms with E-state index >= 15 is 0 Å². The van der Waals surface area contributed by atoms with Gasteiger partial charge in [0.15, 0.2) is 0 Å². The van der Waals surface area contributed by atoms with E-state index in [1.54, 1.807) is 7.11 Å². The van der Waals surface area contributed by atoms with Crippen LogP contribution in [0, 0.1) is 6.92 Å². The van der Waals surface area contributed by atoms with Gasteiger partial charge in [-0.1, -0.05) is 0 Å². The molecule has 1 aliphatic heterocycles. The zero-order valence-electron chi connectivity index (χ0n) is 9.81. The van der Waals surface area contributed by atoms with Crippen molar-refractivity contribution in [2.24, 2.45) is 0 Å². The fourth-order valence-corrected chi connectivity index (χ4v) is 2.10. The van der Waals surface area contributed by atoms with Gasteiger partial charge in [0.2, 0.25) is 0 Å². The van der Waals surface area contributed by atoms with E-state index in [1.165, 1.54) is 6.33 Å². The zero-order valence-corrected chi connectivity index (χ0v) is 9.81. The second-order valence-corrected chi connectivity index (χ2v) is 4.15. The average Bonchev–Trinajstić information content (AvgIpc) is 2.33. The summed E-state index contributed by atoms with van der Waals surface area (Å²) in [5.74, 6) is 1.50. The summed E-state index contributed by atoms with van der Waals surface area (Å²) in [4.78, 5) is 10.5. The monoisotopic (exact) mass is 222 g/mol. The van der Waals surface area contributed by atoms with Crippen molar-refractivity contribution in [2.75, 3.05) is 30.8 Å². The highest BCUT2D eigenvalue weighted by Gasteiger charge is 2.22. The van der Waals surface area contributed by atoms with Crippen molar-refractivity contribution in [3.8, 4) is 0 Å². The van der Waals surface area contributed by atoms with Crippen LogP contribution in [0.1, 0.15) is 18.4 Å². The molecule has 0 aromatic carbocycles. The number of nitrogens with two attached hydrogens (primary N) is 1. The number of ether oxygens (including phenoxy) is 1. The van der Waals surface area contributed by atoms with Crippen molar-refractivity contribution in [3.05, 3.63) is 11.9 Å². The molecule has 2 heterocycles. The van der Waals surface area contributed by atoms with E-state index in [1.807, 2.05) is 6.92 Å². The molecule has 1 saturated heterocycles. The van der Waals surface area contributed by atoms with Crippen LogP contribution in [0.2, 0.25) is 0 Å². The van der Waals surface area contributed by atoms with Crippen molar-refractivity contribution < 1.29 is 4.74 Å². The Kier molecular flexibility index (Phi) is 3.24. The standard InChI is InChI=1S/C11H18N4O/c1-8-10(12)13-7-14-11(8)15-5-3-4-9(6-15)16-2/h7,9H,3-6H2,1-2H3,(H2,12,13,14). The molecular weight excluding hydrogens is 204 g/mol. The molecule has 0 spiro atoms. The smallest absolute Gasteiger partial charge is 0.137 e. The Morgan fingerprint density at radius 2 is 2.31 bits per heavy atom. The highest BCUT2D eigenvalue weighted by Crippen LogP contribution is 2.24. The van der Waals surface area contributed by atoms with Gasteiger partial charge < -0.3 is 15.4 Å². The molecule has 0 bridgehead atoms. The first-order valence-electron chi connectivity index (χ1n) is 5.57. The van der Waals surface area contributed by atoms with Gasteiger partial charge >= 0.3 is 0 Å². The van der Waals surface area contributed by atoms with Crippen molar-refractivity contribution in [2.45, 2.75) is 25.9 Å². The number of aromatic nitrogens is 2. The van der Waals surface area contributed by atoms with Crippen LogP contribution in [0.3, 0.4) is 0 Å². The maximum Gasteiger partial charge on any atom is 0.137 e. The molecule has 1 aromatic rings. The zero-order chi connectivity index (χ0) is 11.5. The van der Waals surface area contributed by atoms with Crippen molar-refractivity contribution in [1.29, 1.82) is 0 Å². The third-order valence-electron chi connectivity index (χ3n) is 3.11. The first kappa shape index (κ1) is 11.1. The third-order valence-corrected chi connectivity index (χ3v) is 3.11. The van der Waals surface area contributed by atoms with Gasteiger partial charge in [0.05, 0.1) is 6.10 Å². The number of hydrogen-bond acceptors (Lipinski definition) is 5. The van der Waals surface area contributed by atoms with Crippen LogP contribution < -0.4 is 10.6 Å². The number of methoxy groups -OCH3 is 1. The second-order valence-electron chi connectivity index (χ2n) is 4.15. The number of anilines is 2. The summed E-state index contributed by atoms with van der Waals surface area (Å²) in [6.45, 7) is 3.85. The molecule has 1 aromatic heterocycles. The Balaban J connectivity index is 2.20. The molecule has 5 nitrogen and oxygen atoms in total. The number of nitrogens with zero attached hydrogens (tertiary/aromatic N) is 3. The van der Waals surface area contributed by atoms with Crippen molar-refractivity contribution in [1.82, 2.24) is 9.97 Å². The predicted octanol–water partition coefficient (Wildman–Crippen LogP) is 0.982. The molecule has 0 radical (unpaired) electrons. The average molecular weight is 222 g/mol. The maximum absolute atomic E-state index is 5.79. The van der Waals surface area contributed by atoms with E-state index in [-0.39, 0.29) is 0 Å². The van der Waals surface area contributed by atoms with E-state index in [0.717, 1.165) is 37.3 Å². The van der Waals surface area contributed by atoms with Gasteiger partial charge in [0.25, 0.3) is 0 Å². The lowest BCUT2D eigenvalue weighted by Gasteiger charge is -2.33. The molecule has 2 rings (SSSR count). The molecule has 88 valence electrons. The molecule has 16 heavy (non-hydrogen) atoms. The molecule has 1 fully saturated rings. The predicted molar refractivity (Wildman–Crippen MR) is 63.4 cm³/mol. The summed E-state index contributed by atoms with van der Waals surface area (Å²) in [6.07, 6.45) is 4.06. The molecular formula is C11H18N4O. The van der Waals surface area contributed by atoms with Crippen LogP contribution in [0.25, 0.3) is 0 Å². The van der Waals surface area contributed by atoms with Gasteiger partial charge in [-0.05, 0) is 19.8 Å². The lowest BCUT2D eigenvalue weighted by molar-refractivity contribution is 0.0891. The maximum atomic E-state index is 5.79. The first-order valence-corrected chi connectivity index (χ1v) is 5.57. The molecule has 5 heteroatoms. The molecule has 1 unspecified atom stereocenters. The number of piperidine rings is 1. The van der Waals surface area contributed by atoms with E-state index in [9.17, 15) is 0 Å². The quantitative estimate of drug-likeness (QED) is 0.808. The summed E-state index contributed by atoms with van der Waals surface area (Å²) >= 11 is 0. The van der Waals surface area contributed by atoms with Gasteiger partial charge in [-0.15, -0.1) is 0 Å². The van der Waals surface area contributed by atoms with Crippen LogP contribution >= 0.6 is 0 Å². The Morgan fingerprint density at radius 1 is 1.50 bits per heavy atom. The Bertz CT molecular complexity index is 369. The highest BCUT2D eigenvalue weighted by atomic mass is 16.5. The fourth-order valence-electron chi connectivity index (χ4n) is 2.10. The Morgan fingerprint density at radius 3 is 3.06 bits per heavy atom. The largest absolute Gasteiger partial charge is 0.383 e.